The lowest BCUT2D eigenvalue weighted by molar-refractivity contribution is -0.182. The van der Waals surface area contributed by atoms with Gasteiger partial charge in [0, 0.05) is 0 Å². The molecule has 1 fully saturated rings. The Hall–Kier alpha value is -2.69. The molecule has 0 unspecified atom stereocenters. The Labute approximate surface area is 166 Å². The van der Waals surface area contributed by atoms with E-state index in [1.165, 1.54) is 42.5 Å². The number of amides is 1. The number of alkyl halides is 3. The monoisotopic (exact) mass is 425 g/mol. The number of carbonyl (C=O) groups is 2. The van der Waals surface area contributed by atoms with Crippen LogP contribution in [-0.2, 0) is 15.9 Å². The molecule has 1 heterocycles. The van der Waals surface area contributed by atoms with Crippen LogP contribution in [-0.4, -0.2) is 21.5 Å². The van der Waals surface area contributed by atoms with Crippen molar-refractivity contribution in [1.29, 1.82) is 0 Å². The average Bonchev–Trinajstić information content (AvgIpc) is 2.94. The molecular formula is C18H10F3NO4S2. The summed E-state index contributed by atoms with van der Waals surface area (Å²) >= 11 is 6.11. The lowest BCUT2D eigenvalue weighted by atomic mass is 10.1. The molecule has 1 amide bonds. The number of hydrogen-bond donors (Lipinski definition) is 1. The molecule has 2 aromatic carbocycles. The van der Waals surface area contributed by atoms with Gasteiger partial charge in [-0.25, -0.2) is 4.79 Å². The fourth-order valence-electron chi connectivity index (χ4n) is 2.43. The van der Waals surface area contributed by atoms with Gasteiger partial charge >= 0.3 is 12.1 Å². The molecule has 1 saturated heterocycles. The molecule has 0 saturated carbocycles. The first-order valence-electron chi connectivity index (χ1n) is 7.62. The zero-order valence-corrected chi connectivity index (χ0v) is 15.4. The average molecular weight is 425 g/mol. The quantitative estimate of drug-likeness (QED) is 0.332. The van der Waals surface area contributed by atoms with Gasteiger partial charge in [0.05, 0.1) is 21.7 Å². The fraction of sp³-hybridized carbons (Fsp3) is 0.0556. The van der Waals surface area contributed by atoms with Gasteiger partial charge in [0.1, 0.15) is 0 Å². The molecule has 1 N–H and O–H groups in total. The van der Waals surface area contributed by atoms with Gasteiger partial charge in [0.2, 0.25) is 0 Å². The van der Waals surface area contributed by atoms with Gasteiger partial charge in [0.25, 0.3) is 5.91 Å². The van der Waals surface area contributed by atoms with E-state index in [1.54, 1.807) is 0 Å². The number of halogens is 3. The van der Waals surface area contributed by atoms with Crippen molar-refractivity contribution in [2.45, 2.75) is 6.18 Å². The van der Waals surface area contributed by atoms with Crippen LogP contribution in [0.4, 0.5) is 18.9 Å². The van der Waals surface area contributed by atoms with Crippen LogP contribution in [0.1, 0.15) is 21.5 Å². The molecule has 3 rings (SSSR count). The molecule has 5 nitrogen and oxygen atoms in total. The molecule has 0 bridgehead atoms. The summed E-state index contributed by atoms with van der Waals surface area (Å²) in [6.07, 6.45) is -3.04. The van der Waals surface area contributed by atoms with Crippen molar-refractivity contribution in [3.63, 3.8) is 0 Å². The molecule has 0 atom stereocenters. The van der Waals surface area contributed by atoms with E-state index in [1.807, 2.05) is 0 Å². The van der Waals surface area contributed by atoms with E-state index < -0.39 is 23.6 Å². The van der Waals surface area contributed by atoms with E-state index in [9.17, 15) is 22.8 Å². The summed E-state index contributed by atoms with van der Waals surface area (Å²) < 4.78 is 38.9. The third kappa shape index (κ3) is 4.08. The number of anilines is 1. The van der Waals surface area contributed by atoms with E-state index in [2.05, 4.69) is 4.89 Å². The summed E-state index contributed by atoms with van der Waals surface area (Å²) in [4.78, 5) is 28.8. The van der Waals surface area contributed by atoms with Gasteiger partial charge < -0.3 is 0 Å². The fourth-order valence-corrected chi connectivity index (χ4v) is 3.73. The largest absolute Gasteiger partial charge is 0.416 e. The number of rotatable bonds is 3. The SMILES string of the molecule is O=C(OO)c1ccc(/C=C2\SC(=S)N(c3cccc(C(F)(F)F)c3)C2=O)cc1. The van der Waals surface area contributed by atoms with Crippen LogP contribution < -0.4 is 4.90 Å². The van der Waals surface area contributed by atoms with E-state index in [0.717, 1.165) is 28.8 Å². The Morgan fingerprint density at radius 1 is 1.18 bits per heavy atom. The molecule has 2 aromatic rings. The highest BCUT2D eigenvalue weighted by atomic mass is 32.2. The Morgan fingerprint density at radius 2 is 1.86 bits per heavy atom. The van der Waals surface area contributed by atoms with Gasteiger partial charge in [-0.1, -0.05) is 42.2 Å². The second-order valence-corrected chi connectivity index (χ2v) is 7.24. The highest BCUT2D eigenvalue weighted by molar-refractivity contribution is 8.27. The molecule has 0 aromatic heterocycles. The molecule has 0 aliphatic carbocycles. The van der Waals surface area contributed by atoms with Crippen molar-refractivity contribution in [1.82, 2.24) is 0 Å². The minimum atomic E-state index is -4.54. The van der Waals surface area contributed by atoms with Crippen molar-refractivity contribution < 1.29 is 32.9 Å². The number of nitrogens with zero attached hydrogens (tertiary/aromatic N) is 1. The maximum Gasteiger partial charge on any atom is 0.416 e. The van der Waals surface area contributed by atoms with Crippen molar-refractivity contribution in [3.05, 3.63) is 70.1 Å². The van der Waals surface area contributed by atoms with Gasteiger partial charge in [-0.3, -0.25) is 14.6 Å². The second kappa shape index (κ2) is 7.74. The van der Waals surface area contributed by atoms with Crippen LogP contribution in [0.2, 0.25) is 0 Å². The Bertz CT molecular complexity index is 987. The third-order valence-corrected chi connectivity index (χ3v) is 5.05. The predicted octanol–water partition coefficient (Wildman–Crippen LogP) is 4.74. The first-order valence-corrected chi connectivity index (χ1v) is 8.84. The molecule has 10 heteroatoms. The number of thioether (sulfide) groups is 1. The Kier molecular flexibility index (Phi) is 5.54. The predicted molar refractivity (Wildman–Crippen MR) is 102 cm³/mol. The highest BCUT2D eigenvalue weighted by Crippen LogP contribution is 2.38. The van der Waals surface area contributed by atoms with Crippen LogP contribution >= 0.6 is 24.0 Å². The minimum Gasteiger partial charge on any atom is -0.296 e. The summed E-state index contributed by atoms with van der Waals surface area (Å²) in [7, 11) is 0. The summed E-state index contributed by atoms with van der Waals surface area (Å²) in [5, 5.41) is 8.36. The van der Waals surface area contributed by atoms with Gasteiger partial charge in [-0.05, 0) is 42.0 Å². The molecule has 28 heavy (non-hydrogen) atoms. The van der Waals surface area contributed by atoms with Crippen molar-refractivity contribution in [2.75, 3.05) is 4.90 Å². The highest BCUT2D eigenvalue weighted by Gasteiger charge is 2.36. The summed E-state index contributed by atoms with van der Waals surface area (Å²) in [5.41, 5.74) is -0.189. The van der Waals surface area contributed by atoms with Crippen molar-refractivity contribution in [3.8, 4) is 0 Å². The molecule has 0 radical (unpaired) electrons. The van der Waals surface area contributed by atoms with Crippen LogP contribution in [0.5, 0.6) is 0 Å². The summed E-state index contributed by atoms with van der Waals surface area (Å²) in [5.74, 6) is -1.48. The Morgan fingerprint density at radius 3 is 2.46 bits per heavy atom. The lowest BCUT2D eigenvalue weighted by Gasteiger charge is -2.16. The zero-order chi connectivity index (χ0) is 20.5. The minimum absolute atomic E-state index is 0.0294. The Balaban J connectivity index is 1.88. The maximum absolute atomic E-state index is 12.9. The zero-order valence-electron chi connectivity index (χ0n) is 13.8. The first kappa shape index (κ1) is 20.1. The second-order valence-electron chi connectivity index (χ2n) is 5.57. The number of benzene rings is 2. The van der Waals surface area contributed by atoms with E-state index in [4.69, 9.17) is 17.5 Å². The molecule has 0 spiro atoms. The van der Waals surface area contributed by atoms with Crippen molar-refractivity contribution in [2.24, 2.45) is 0 Å². The number of thiocarbonyl (C=S) groups is 1. The molecular weight excluding hydrogens is 415 g/mol. The maximum atomic E-state index is 12.9. The normalized spacial score (nSPS) is 16.0. The van der Waals surface area contributed by atoms with E-state index >= 15 is 0 Å². The summed E-state index contributed by atoms with van der Waals surface area (Å²) in [6.45, 7) is 0. The molecule has 1 aliphatic heterocycles. The number of hydrogen-bond acceptors (Lipinski definition) is 6. The third-order valence-electron chi connectivity index (χ3n) is 3.75. The topological polar surface area (TPSA) is 66.8 Å². The van der Waals surface area contributed by atoms with Gasteiger partial charge in [-0.2, -0.15) is 18.4 Å². The standard InChI is InChI=1S/C18H10F3NO4S2/c19-18(20,21)12-2-1-3-13(9-12)22-15(23)14(28-17(22)27)8-10-4-6-11(7-5-10)16(24)26-25/h1-9,25H/b14-8-. The van der Waals surface area contributed by atoms with E-state index in [-0.39, 0.29) is 20.5 Å². The number of carbonyl (C=O) groups excluding carboxylic acids is 2. The summed E-state index contributed by atoms with van der Waals surface area (Å²) in [6, 6.07) is 10.2. The first-order chi connectivity index (χ1) is 13.2. The van der Waals surface area contributed by atoms with E-state index in [0.29, 0.717) is 5.56 Å². The van der Waals surface area contributed by atoms with Crippen LogP contribution in [0.25, 0.3) is 6.08 Å². The van der Waals surface area contributed by atoms with Crippen molar-refractivity contribution >= 4 is 51.9 Å². The molecule has 144 valence electrons. The van der Waals surface area contributed by atoms with Crippen LogP contribution in [0, 0.1) is 0 Å². The van der Waals surface area contributed by atoms with Crippen LogP contribution in [0.3, 0.4) is 0 Å². The molecule has 1 aliphatic rings. The lowest BCUT2D eigenvalue weighted by Crippen LogP contribution is -2.27. The van der Waals surface area contributed by atoms with Gasteiger partial charge in [0.15, 0.2) is 4.32 Å². The van der Waals surface area contributed by atoms with Gasteiger partial charge in [-0.15, -0.1) is 0 Å². The smallest absolute Gasteiger partial charge is 0.296 e. The van der Waals surface area contributed by atoms with Crippen LogP contribution in [0.15, 0.2) is 53.4 Å².